The first-order valence-electron chi connectivity index (χ1n) is 10.6. The summed E-state index contributed by atoms with van der Waals surface area (Å²) in [5.74, 6) is 0.802. The number of amides is 2. The molecular formula is C24H29Cl3N2O2S. The van der Waals surface area contributed by atoms with E-state index in [0.29, 0.717) is 45.9 Å². The summed E-state index contributed by atoms with van der Waals surface area (Å²) >= 11 is 20.3. The van der Waals surface area contributed by atoms with E-state index < -0.39 is 6.04 Å². The maximum Gasteiger partial charge on any atom is 0.242 e. The second-order valence-corrected chi connectivity index (χ2v) is 10.4. The number of hydrogen-bond donors (Lipinski definition) is 1. The number of nitrogens with one attached hydrogen (secondary N) is 1. The molecule has 1 N–H and O–H groups in total. The fourth-order valence-electron chi connectivity index (χ4n) is 2.98. The molecule has 8 heteroatoms. The smallest absolute Gasteiger partial charge is 0.242 e. The molecule has 32 heavy (non-hydrogen) atoms. The van der Waals surface area contributed by atoms with Gasteiger partial charge in [0.05, 0.1) is 0 Å². The average molecular weight is 516 g/mol. The third-order valence-corrected chi connectivity index (χ3v) is 6.92. The standard InChI is InChI=1S/C24H29Cl3N2O2S/c1-16(2)14-28-24(31)17(3)29(15-20-21(26)6-4-7-22(20)27)23(30)8-5-13-32-19-11-9-18(25)10-12-19/h4,6-7,9-12,16-17H,5,8,13-15H2,1-3H3,(H,28,31)/t17-/m1/s1. The molecule has 1 atom stereocenters. The van der Waals surface area contributed by atoms with Crippen LogP contribution in [0.1, 0.15) is 39.2 Å². The fourth-order valence-corrected chi connectivity index (χ4v) is 4.47. The van der Waals surface area contributed by atoms with E-state index in [0.717, 1.165) is 10.6 Å². The first-order chi connectivity index (χ1) is 15.2. The van der Waals surface area contributed by atoms with Crippen molar-refractivity contribution in [1.82, 2.24) is 10.2 Å². The molecule has 0 bridgehead atoms. The topological polar surface area (TPSA) is 49.4 Å². The van der Waals surface area contributed by atoms with Crippen molar-refractivity contribution in [3.63, 3.8) is 0 Å². The largest absolute Gasteiger partial charge is 0.354 e. The zero-order valence-electron chi connectivity index (χ0n) is 18.5. The van der Waals surface area contributed by atoms with Crippen molar-refractivity contribution in [2.75, 3.05) is 12.3 Å². The highest BCUT2D eigenvalue weighted by molar-refractivity contribution is 7.99. The molecule has 2 aromatic rings. The van der Waals surface area contributed by atoms with Gasteiger partial charge in [-0.1, -0.05) is 54.7 Å². The lowest BCUT2D eigenvalue weighted by Crippen LogP contribution is -2.48. The summed E-state index contributed by atoms with van der Waals surface area (Å²) in [6.45, 7) is 6.51. The van der Waals surface area contributed by atoms with E-state index in [4.69, 9.17) is 34.8 Å². The number of nitrogens with zero attached hydrogens (tertiary/aromatic N) is 1. The summed E-state index contributed by atoms with van der Waals surface area (Å²) in [5.41, 5.74) is 0.642. The van der Waals surface area contributed by atoms with Crippen LogP contribution in [0, 0.1) is 5.92 Å². The lowest BCUT2D eigenvalue weighted by molar-refractivity contribution is -0.140. The summed E-state index contributed by atoms with van der Waals surface area (Å²) in [5, 5.41) is 4.56. The van der Waals surface area contributed by atoms with Crippen LogP contribution in [-0.2, 0) is 16.1 Å². The van der Waals surface area contributed by atoms with Crippen LogP contribution in [0.4, 0.5) is 0 Å². The molecule has 0 unspecified atom stereocenters. The summed E-state index contributed by atoms with van der Waals surface area (Å²) in [6, 6.07) is 12.2. The highest BCUT2D eigenvalue weighted by atomic mass is 35.5. The Morgan fingerprint density at radius 1 is 1.00 bits per heavy atom. The van der Waals surface area contributed by atoms with Gasteiger partial charge in [0.2, 0.25) is 11.8 Å². The van der Waals surface area contributed by atoms with E-state index in [9.17, 15) is 9.59 Å². The van der Waals surface area contributed by atoms with Gasteiger partial charge in [-0.2, -0.15) is 0 Å². The van der Waals surface area contributed by atoms with Crippen molar-refractivity contribution < 1.29 is 9.59 Å². The van der Waals surface area contributed by atoms with Gasteiger partial charge in [0.1, 0.15) is 6.04 Å². The maximum absolute atomic E-state index is 13.1. The first-order valence-corrected chi connectivity index (χ1v) is 12.7. The van der Waals surface area contributed by atoms with Gasteiger partial charge >= 0.3 is 0 Å². The van der Waals surface area contributed by atoms with E-state index in [1.165, 1.54) is 0 Å². The molecular weight excluding hydrogens is 487 g/mol. The lowest BCUT2D eigenvalue weighted by Gasteiger charge is -2.29. The molecule has 0 heterocycles. The second kappa shape index (κ2) is 13.3. The van der Waals surface area contributed by atoms with Crippen molar-refractivity contribution in [2.24, 2.45) is 5.92 Å². The van der Waals surface area contributed by atoms with Crippen molar-refractivity contribution in [3.05, 3.63) is 63.1 Å². The summed E-state index contributed by atoms with van der Waals surface area (Å²) in [4.78, 5) is 28.5. The zero-order valence-corrected chi connectivity index (χ0v) is 21.6. The van der Waals surface area contributed by atoms with Gasteiger partial charge in [-0.3, -0.25) is 9.59 Å². The molecule has 0 aliphatic carbocycles. The van der Waals surface area contributed by atoms with Gasteiger partial charge < -0.3 is 10.2 Å². The minimum absolute atomic E-state index is 0.107. The quantitative estimate of drug-likeness (QED) is 0.267. The Balaban J connectivity index is 2.05. The van der Waals surface area contributed by atoms with Crippen LogP contribution in [-0.4, -0.2) is 35.1 Å². The van der Waals surface area contributed by atoms with E-state index in [-0.39, 0.29) is 18.4 Å². The van der Waals surface area contributed by atoms with Crippen LogP contribution in [0.3, 0.4) is 0 Å². The molecule has 4 nitrogen and oxygen atoms in total. The van der Waals surface area contributed by atoms with Crippen LogP contribution in [0.25, 0.3) is 0 Å². The maximum atomic E-state index is 13.1. The molecule has 0 aliphatic rings. The molecule has 2 amide bonds. The number of benzene rings is 2. The predicted molar refractivity (Wildman–Crippen MR) is 136 cm³/mol. The number of rotatable bonds is 11. The Labute approximate surface area is 210 Å². The molecule has 2 rings (SSSR count). The number of carbonyl (C=O) groups excluding carboxylic acids is 2. The predicted octanol–water partition coefficient (Wildman–Crippen LogP) is 6.71. The third kappa shape index (κ3) is 8.51. The van der Waals surface area contributed by atoms with Gasteiger partial charge in [-0.25, -0.2) is 0 Å². The van der Waals surface area contributed by atoms with E-state index in [1.54, 1.807) is 41.8 Å². The van der Waals surface area contributed by atoms with Crippen LogP contribution < -0.4 is 5.32 Å². The van der Waals surface area contributed by atoms with Crippen LogP contribution in [0.15, 0.2) is 47.4 Å². The molecule has 0 aromatic heterocycles. The van der Waals surface area contributed by atoms with Crippen molar-refractivity contribution >= 4 is 58.4 Å². The van der Waals surface area contributed by atoms with Crippen molar-refractivity contribution in [3.8, 4) is 0 Å². The molecule has 0 fully saturated rings. The van der Waals surface area contributed by atoms with Crippen molar-refractivity contribution in [2.45, 2.75) is 51.1 Å². The third-order valence-electron chi connectivity index (χ3n) is 4.86. The molecule has 174 valence electrons. The fraction of sp³-hybridized carbons (Fsp3) is 0.417. The molecule has 0 spiro atoms. The Kier molecular flexibility index (Phi) is 11.2. The van der Waals surface area contributed by atoms with E-state index >= 15 is 0 Å². The highest BCUT2D eigenvalue weighted by Gasteiger charge is 2.27. The molecule has 0 radical (unpaired) electrons. The summed E-state index contributed by atoms with van der Waals surface area (Å²) < 4.78 is 0. The van der Waals surface area contributed by atoms with E-state index in [2.05, 4.69) is 5.32 Å². The SMILES string of the molecule is CC(C)CNC(=O)[C@@H](C)N(Cc1c(Cl)cccc1Cl)C(=O)CCCSc1ccc(Cl)cc1. The molecule has 0 saturated carbocycles. The molecule has 0 saturated heterocycles. The zero-order chi connectivity index (χ0) is 23.7. The number of thioether (sulfide) groups is 1. The average Bonchev–Trinajstić information content (AvgIpc) is 2.75. The molecule has 2 aromatic carbocycles. The number of hydrogen-bond acceptors (Lipinski definition) is 3. The Morgan fingerprint density at radius 2 is 1.62 bits per heavy atom. The second-order valence-electron chi connectivity index (χ2n) is 7.94. The van der Waals surface area contributed by atoms with E-state index in [1.807, 2.05) is 38.1 Å². The lowest BCUT2D eigenvalue weighted by atomic mass is 10.1. The van der Waals surface area contributed by atoms with Gasteiger partial charge in [0.25, 0.3) is 0 Å². The van der Waals surface area contributed by atoms with Gasteiger partial charge in [-0.15, -0.1) is 11.8 Å². The van der Waals surface area contributed by atoms with Crippen LogP contribution in [0.2, 0.25) is 15.1 Å². The minimum atomic E-state index is -0.641. The van der Waals surface area contributed by atoms with Gasteiger partial charge in [0, 0.05) is 45.0 Å². The first kappa shape index (κ1) is 26.8. The van der Waals surface area contributed by atoms with Crippen LogP contribution in [0.5, 0.6) is 0 Å². The minimum Gasteiger partial charge on any atom is -0.354 e. The highest BCUT2D eigenvalue weighted by Crippen LogP contribution is 2.27. The Bertz CT molecular complexity index is 886. The normalized spacial score (nSPS) is 12.0. The molecule has 0 aliphatic heterocycles. The monoisotopic (exact) mass is 514 g/mol. The van der Waals surface area contributed by atoms with Crippen molar-refractivity contribution in [1.29, 1.82) is 0 Å². The van der Waals surface area contributed by atoms with Gasteiger partial charge in [-0.05, 0) is 61.4 Å². The number of carbonyl (C=O) groups is 2. The summed E-state index contributed by atoms with van der Waals surface area (Å²) in [6.07, 6.45) is 1.00. The van der Waals surface area contributed by atoms with Crippen LogP contribution >= 0.6 is 46.6 Å². The Morgan fingerprint density at radius 3 is 2.22 bits per heavy atom. The summed E-state index contributed by atoms with van der Waals surface area (Å²) in [7, 11) is 0. The van der Waals surface area contributed by atoms with Gasteiger partial charge in [0.15, 0.2) is 0 Å². The Hall–Kier alpha value is -1.40. The number of halogens is 3.